The summed E-state index contributed by atoms with van der Waals surface area (Å²) in [6.45, 7) is 3.36. The topological polar surface area (TPSA) is 66.5 Å². The smallest absolute Gasteiger partial charge is 0.240 e. The van der Waals surface area contributed by atoms with Crippen LogP contribution in [-0.2, 0) is 21.2 Å². The highest BCUT2D eigenvalue weighted by molar-refractivity contribution is 7.92. The van der Waals surface area contributed by atoms with Crippen LogP contribution in [-0.4, -0.2) is 33.2 Å². The van der Waals surface area contributed by atoms with Crippen molar-refractivity contribution in [3.63, 3.8) is 0 Å². The molecule has 27 heavy (non-hydrogen) atoms. The monoisotopic (exact) mass is 408 g/mol. The van der Waals surface area contributed by atoms with Crippen molar-refractivity contribution in [1.82, 2.24) is 5.32 Å². The van der Waals surface area contributed by atoms with Crippen molar-refractivity contribution >= 4 is 33.2 Å². The Morgan fingerprint density at radius 3 is 2.44 bits per heavy atom. The third kappa shape index (κ3) is 6.26. The van der Waals surface area contributed by atoms with E-state index in [1.165, 1.54) is 5.56 Å². The van der Waals surface area contributed by atoms with Gasteiger partial charge in [0, 0.05) is 11.1 Å². The van der Waals surface area contributed by atoms with Crippen LogP contribution in [0, 0.1) is 6.92 Å². The second-order valence-corrected chi connectivity index (χ2v) is 8.96. The summed E-state index contributed by atoms with van der Waals surface area (Å²) in [6.07, 6.45) is 2.69. The van der Waals surface area contributed by atoms with Gasteiger partial charge in [-0.3, -0.25) is 9.10 Å². The van der Waals surface area contributed by atoms with Crippen LogP contribution in [0.1, 0.15) is 24.5 Å². The molecule has 2 aromatic rings. The van der Waals surface area contributed by atoms with Crippen molar-refractivity contribution < 1.29 is 13.2 Å². The van der Waals surface area contributed by atoms with E-state index < -0.39 is 10.0 Å². The summed E-state index contributed by atoms with van der Waals surface area (Å²) in [5.41, 5.74) is 2.23. The van der Waals surface area contributed by atoms with Gasteiger partial charge >= 0.3 is 0 Å². The van der Waals surface area contributed by atoms with Gasteiger partial charge in [-0.1, -0.05) is 48.0 Å². The quantitative estimate of drug-likeness (QED) is 0.726. The van der Waals surface area contributed by atoms with E-state index in [1.54, 1.807) is 25.1 Å². The normalized spacial score (nSPS) is 12.4. The lowest BCUT2D eigenvalue weighted by atomic mass is 10.1. The van der Waals surface area contributed by atoms with E-state index in [2.05, 4.69) is 5.32 Å². The maximum Gasteiger partial charge on any atom is 0.240 e. The SMILES string of the molecule is Cc1c(Cl)cccc1N(CC(=O)N[C@H](C)CCc1ccccc1)S(C)(=O)=O. The van der Waals surface area contributed by atoms with Crippen LogP contribution < -0.4 is 9.62 Å². The molecule has 146 valence electrons. The summed E-state index contributed by atoms with van der Waals surface area (Å²) in [5, 5.41) is 3.33. The molecular weight excluding hydrogens is 384 g/mol. The molecule has 0 heterocycles. The van der Waals surface area contributed by atoms with Crippen LogP contribution in [0.2, 0.25) is 5.02 Å². The number of anilines is 1. The van der Waals surface area contributed by atoms with Gasteiger partial charge < -0.3 is 5.32 Å². The van der Waals surface area contributed by atoms with Crippen molar-refractivity contribution in [1.29, 1.82) is 0 Å². The molecular formula is C20H25ClN2O3S. The van der Waals surface area contributed by atoms with Crippen LogP contribution in [0.25, 0.3) is 0 Å². The standard InChI is InChI=1S/C20H25ClN2O3S/c1-15(12-13-17-8-5-4-6-9-17)22-20(24)14-23(27(3,25)26)19-11-7-10-18(21)16(19)2/h4-11,15H,12-14H2,1-3H3,(H,22,24)/t15-/m1/s1. The Balaban J connectivity index is 2.03. The minimum atomic E-state index is -3.63. The molecule has 0 unspecified atom stereocenters. The molecule has 1 N–H and O–H groups in total. The molecule has 0 aliphatic carbocycles. The highest BCUT2D eigenvalue weighted by Crippen LogP contribution is 2.28. The summed E-state index contributed by atoms with van der Waals surface area (Å²) >= 11 is 6.11. The number of benzene rings is 2. The Morgan fingerprint density at radius 1 is 1.15 bits per heavy atom. The Labute approximate surface area is 166 Å². The fraction of sp³-hybridized carbons (Fsp3) is 0.350. The van der Waals surface area contributed by atoms with Gasteiger partial charge in [-0.25, -0.2) is 8.42 Å². The Kier molecular flexibility index (Phi) is 7.27. The van der Waals surface area contributed by atoms with Crippen LogP contribution in [0.4, 0.5) is 5.69 Å². The largest absolute Gasteiger partial charge is 0.352 e. The van der Waals surface area contributed by atoms with E-state index in [0.29, 0.717) is 16.3 Å². The minimum absolute atomic E-state index is 0.0698. The van der Waals surface area contributed by atoms with Gasteiger partial charge in [0.25, 0.3) is 0 Å². The molecule has 0 bridgehead atoms. The number of carbonyl (C=O) groups is 1. The maximum atomic E-state index is 12.4. The Morgan fingerprint density at radius 2 is 1.81 bits per heavy atom. The lowest BCUT2D eigenvalue weighted by molar-refractivity contribution is -0.120. The van der Waals surface area contributed by atoms with E-state index in [0.717, 1.165) is 23.4 Å². The molecule has 5 nitrogen and oxygen atoms in total. The van der Waals surface area contributed by atoms with Gasteiger partial charge in [0.15, 0.2) is 0 Å². The fourth-order valence-corrected chi connectivity index (χ4v) is 3.87. The number of nitrogens with one attached hydrogen (secondary N) is 1. The Hall–Kier alpha value is -2.05. The first-order chi connectivity index (χ1) is 12.7. The van der Waals surface area contributed by atoms with E-state index in [-0.39, 0.29) is 18.5 Å². The van der Waals surface area contributed by atoms with Gasteiger partial charge in [0.2, 0.25) is 15.9 Å². The third-order valence-electron chi connectivity index (χ3n) is 4.31. The molecule has 2 rings (SSSR count). The molecule has 0 aliphatic rings. The average Bonchev–Trinajstić information content (AvgIpc) is 2.60. The molecule has 0 saturated carbocycles. The number of aryl methyl sites for hydroxylation is 1. The summed E-state index contributed by atoms with van der Waals surface area (Å²) in [6, 6.07) is 14.9. The number of nitrogens with zero attached hydrogens (tertiary/aromatic N) is 1. The molecule has 0 aromatic heterocycles. The predicted molar refractivity (Wildman–Crippen MR) is 111 cm³/mol. The van der Waals surface area contributed by atoms with Crippen LogP contribution in [0.5, 0.6) is 0 Å². The summed E-state index contributed by atoms with van der Waals surface area (Å²) in [4.78, 5) is 12.4. The molecule has 1 atom stereocenters. The second kappa shape index (κ2) is 9.24. The van der Waals surface area contributed by atoms with E-state index in [1.807, 2.05) is 37.3 Å². The van der Waals surface area contributed by atoms with Gasteiger partial charge in [0.05, 0.1) is 11.9 Å². The van der Waals surface area contributed by atoms with Crippen LogP contribution in [0.3, 0.4) is 0 Å². The van der Waals surface area contributed by atoms with Crippen molar-refractivity contribution in [2.24, 2.45) is 0 Å². The molecule has 0 saturated heterocycles. The van der Waals surface area contributed by atoms with Gasteiger partial charge in [-0.15, -0.1) is 0 Å². The molecule has 7 heteroatoms. The van der Waals surface area contributed by atoms with Gasteiger partial charge in [-0.05, 0) is 49.9 Å². The zero-order valence-corrected chi connectivity index (χ0v) is 17.3. The number of sulfonamides is 1. The lowest BCUT2D eigenvalue weighted by Gasteiger charge is -2.25. The van der Waals surface area contributed by atoms with Crippen LogP contribution >= 0.6 is 11.6 Å². The molecule has 0 radical (unpaired) electrons. The van der Waals surface area contributed by atoms with Crippen molar-refractivity contribution in [3.8, 4) is 0 Å². The lowest BCUT2D eigenvalue weighted by Crippen LogP contribution is -2.43. The number of carbonyl (C=O) groups excluding carboxylic acids is 1. The molecule has 2 aromatic carbocycles. The number of hydrogen-bond donors (Lipinski definition) is 1. The summed E-state index contributed by atoms with van der Waals surface area (Å²) in [7, 11) is -3.63. The van der Waals surface area contributed by atoms with E-state index in [4.69, 9.17) is 11.6 Å². The van der Waals surface area contributed by atoms with Crippen molar-refractivity contribution in [2.45, 2.75) is 32.7 Å². The third-order valence-corrected chi connectivity index (χ3v) is 5.85. The second-order valence-electron chi connectivity index (χ2n) is 6.65. The maximum absolute atomic E-state index is 12.4. The van der Waals surface area contributed by atoms with Crippen molar-refractivity contribution in [3.05, 3.63) is 64.7 Å². The van der Waals surface area contributed by atoms with Crippen LogP contribution in [0.15, 0.2) is 48.5 Å². The highest BCUT2D eigenvalue weighted by atomic mass is 35.5. The zero-order valence-electron chi connectivity index (χ0n) is 15.8. The minimum Gasteiger partial charge on any atom is -0.352 e. The molecule has 1 amide bonds. The Bertz CT molecular complexity index is 885. The average molecular weight is 409 g/mol. The number of amides is 1. The predicted octanol–water partition coefficient (Wildman–Crippen LogP) is 3.55. The number of rotatable bonds is 8. The first-order valence-corrected chi connectivity index (χ1v) is 11.0. The van der Waals surface area contributed by atoms with Crippen molar-refractivity contribution in [2.75, 3.05) is 17.1 Å². The fourth-order valence-electron chi connectivity index (χ4n) is 2.80. The first kappa shape index (κ1) is 21.3. The highest BCUT2D eigenvalue weighted by Gasteiger charge is 2.23. The molecule has 0 spiro atoms. The molecule has 0 fully saturated rings. The molecule has 0 aliphatic heterocycles. The zero-order chi connectivity index (χ0) is 20.0. The van der Waals surface area contributed by atoms with Gasteiger partial charge in [-0.2, -0.15) is 0 Å². The van der Waals surface area contributed by atoms with E-state index >= 15 is 0 Å². The van der Waals surface area contributed by atoms with E-state index in [9.17, 15) is 13.2 Å². The number of halogens is 1. The summed E-state index contributed by atoms with van der Waals surface area (Å²) < 4.78 is 25.6. The number of hydrogen-bond acceptors (Lipinski definition) is 3. The summed E-state index contributed by atoms with van der Waals surface area (Å²) in [5.74, 6) is -0.347. The first-order valence-electron chi connectivity index (χ1n) is 8.74. The van der Waals surface area contributed by atoms with Gasteiger partial charge in [0.1, 0.15) is 6.54 Å².